The Morgan fingerprint density at radius 1 is 1.21 bits per heavy atom. The fourth-order valence-electron chi connectivity index (χ4n) is 3.05. The Hall–Kier alpha value is -2.40. The number of aromatic nitrogens is 2. The van der Waals surface area contributed by atoms with Gasteiger partial charge in [0, 0.05) is 23.2 Å². The van der Waals surface area contributed by atoms with Crippen molar-refractivity contribution in [3.63, 3.8) is 0 Å². The van der Waals surface area contributed by atoms with Crippen LogP contribution >= 0.6 is 11.3 Å². The van der Waals surface area contributed by atoms with Gasteiger partial charge in [-0.15, -0.1) is 11.3 Å². The van der Waals surface area contributed by atoms with E-state index in [1.54, 1.807) is 17.5 Å². The average molecular weight is 337 g/mol. The van der Waals surface area contributed by atoms with Crippen molar-refractivity contribution in [2.24, 2.45) is 0 Å². The molecule has 0 atom stereocenters. The first-order chi connectivity index (χ1) is 11.8. The summed E-state index contributed by atoms with van der Waals surface area (Å²) < 4.78 is 1.82. The molecule has 2 aromatic heterocycles. The van der Waals surface area contributed by atoms with Crippen LogP contribution in [0.3, 0.4) is 0 Å². The number of carbonyl (C=O) groups excluding carboxylic acids is 1. The van der Waals surface area contributed by atoms with Crippen LogP contribution in [0.2, 0.25) is 0 Å². The summed E-state index contributed by atoms with van der Waals surface area (Å²) in [5, 5.41) is 7.37. The van der Waals surface area contributed by atoms with Crippen LogP contribution in [0.5, 0.6) is 0 Å². The van der Waals surface area contributed by atoms with Gasteiger partial charge in [0.15, 0.2) is 0 Å². The van der Waals surface area contributed by atoms with Crippen molar-refractivity contribution >= 4 is 17.2 Å². The average Bonchev–Trinajstić information content (AvgIpc) is 3.27. The molecular formula is C19H19N3OS. The number of carbonyl (C=O) groups is 1. The second-order valence-electron chi connectivity index (χ2n) is 6.08. The summed E-state index contributed by atoms with van der Waals surface area (Å²) >= 11 is 1.65. The van der Waals surface area contributed by atoms with Crippen molar-refractivity contribution in [2.45, 2.75) is 32.2 Å². The smallest absolute Gasteiger partial charge is 0.261 e. The first kappa shape index (κ1) is 15.1. The molecule has 2 heterocycles. The summed E-state index contributed by atoms with van der Waals surface area (Å²) in [6, 6.07) is 12.0. The molecule has 0 fully saturated rings. The van der Waals surface area contributed by atoms with Gasteiger partial charge in [-0.05, 0) is 49.4 Å². The first-order valence-corrected chi connectivity index (χ1v) is 9.10. The Balaban J connectivity index is 1.41. The number of benzene rings is 1. The SMILES string of the molecule is O=C(NCc1cnn(-c2ccccc2)c1)c1cc2c(s1)CCCC2. The van der Waals surface area contributed by atoms with E-state index < -0.39 is 0 Å². The number of hydrogen-bond donors (Lipinski definition) is 1. The Labute approximate surface area is 145 Å². The highest BCUT2D eigenvalue weighted by Crippen LogP contribution is 2.29. The van der Waals surface area contributed by atoms with Gasteiger partial charge in [-0.25, -0.2) is 4.68 Å². The quantitative estimate of drug-likeness (QED) is 0.788. The fourth-order valence-corrected chi connectivity index (χ4v) is 4.22. The van der Waals surface area contributed by atoms with Gasteiger partial charge in [0.05, 0.1) is 16.8 Å². The second-order valence-corrected chi connectivity index (χ2v) is 7.21. The minimum atomic E-state index is 0.0156. The third kappa shape index (κ3) is 3.12. The maximum Gasteiger partial charge on any atom is 0.261 e. The molecule has 0 unspecified atom stereocenters. The highest BCUT2D eigenvalue weighted by Gasteiger charge is 2.17. The van der Waals surface area contributed by atoms with E-state index in [0.29, 0.717) is 6.54 Å². The molecule has 3 aromatic rings. The number of thiophene rings is 1. The van der Waals surface area contributed by atoms with E-state index in [2.05, 4.69) is 16.5 Å². The summed E-state index contributed by atoms with van der Waals surface area (Å²) in [4.78, 5) is 14.6. The van der Waals surface area contributed by atoms with E-state index in [0.717, 1.165) is 29.0 Å². The van der Waals surface area contributed by atoms with E-state index in [1.165, 1.54) is 23.3 Å². The summed E-state index contributed by atoms with van der Waals surface area (Å²) in [5.41, 5.74) is 3.38. The van der Waals surface area contributed by atoms with E-state index in [-0.39, 0.29) is 5.91 Å². The van der Waals surface area contributed by atoms with Gasteiger partial charge in [-0.1, -0.05) is 18.2 Å². The van der Waals surface area contributed by atoms with Crippen molar-refractivity contribution in [3.8, 4) is 5.69 Å². The van der Waals surface area contributed by atoms with E-state index in [1.807, 2.05) is 41.2 Å². The largest absolute Gasteiger partial charge is 0.347 e. The minimum Gasteiger partial charge on any atom is -0.347 e. The van der Waals surface area contributed by atoms with Gasteiger partial charge in [0.2, 0.25) is 0 Å². The zero-order valence-electron chi connectivity index (χ0n) is 13.4. The van der Waals surface area contributed by atoms with Gasteiger partial charge in [0.1, 0.15) is 0 Å². The lowest BCUT2D eigenvalue weighted by Gasteiger charge is -2.08. The maximum absolute atomic E-state index is 12.4. The van der Waals surface area contributed by atoms with Crippen molar-refractivity contribution in [1.29, 1.82) is 0 Å². The number of amides is 1. The van der Waals surface area contributed by atoms with Crippen molar-refractivity contribution in [3.05, 3.63) is 69.7 Å². The summed E-state index contributed by atoms with van der Waals surface area (Å²) in [6.45, 7) is 0.494. The van der Waals surface area contributed by atoms with Crippen LogP contribution in [0.1, 0.15) is 38.5 Å². The molecule has 0 spiro atoms. The molecule has 1 aliphatic rings. The Morgan fingerprint density at radius 2 is 2.04 bits per heavy atom. The topological polar surface area (TPSA) is 46.9 Å². The molecule has 122 valence electrons. The number of rotatable bonds is 4. The second kappa shape index (κ2) is 6.61. The number of hydrogen-bond acceptors (Lipinski definition) is 3. The van der Waals surface area contributed by atoms with Crippen LogP contribution < -0.4 is 5.32 Å². The Bertz CT molecular complexity index is 827. The summed E-state index contributed by atoms with van der Waals surface area (Å²) in [7, 11) is 0. The van der Waals surface area contributed by atoms with Crippen molar-refractivity contribution < 1.29 is 4.79 Å². The van der Waals surface area contributed by atoms with Gasteiger partial charge in [0.25, 0.3) is 5.91 Å². The molecule has 4 rings (SSSR count). The zero-order chi connectivity index (χ0) is 16.4. The van der Waals surface area contributed by atoms with Crippen LogP contribution in [0.4, 0.5) is 0 Å². The molecule has 1 N–H and O–H groups in total. The van der Waals surface area contributed by atoms with Crippen LogP contribution in [0.25, 0.3) is 5.69 Å². The van der Waals surface area contributed by atoms with E-state index >= 15 is 0 Å². The minimum absolute atomic E-state index is 0.0156. The van der Waals surface area contributed by atoms with Crippen LogP contribution in [0, 0.1) is 0 Å². The number of nitrogens with zero attached hydrogens (tertiary/aromatic N) is 2. The van der Waals surface area contributed by atoms with Gasteiger partial charge in [-0.2, -0.15) is 5.10 Å². The van der Waals surface area contributed by atoms with Crippen molar-refractivity contribution in [1.82, 2.24) is 15.1 Å². The molecule has 0 bridgehead atoms. The molecule has 0 radical (unpaired) electrons. The molecule has 0 saturated carbocycles. The van der Waals surface area contributed by atoms with Gasteiger partial charge >= 0.3 is 0 Å². The first-order valence-electron chi connectivity index (χ1n) is 8.28. The van der Waals surface area contributed by atoms with Gasteiger partial charge < -0.3 is 5.32 Å². The van der Waals surface area contributed by atoms with Crippen molar-refractivity contribution in [2.75, 3.05) is 0 Å². The van der Waals surface area contributed by atoms with E-state index in [4.69, 9.17) is 0 Å². The third-order valence-electron chi connectivity index (χ3n) is 4.33. The zero-order valence-corrected chi connectivity index (χ0v) is 14.2. The number of nitrogens with one attached hydrogen (secondary N) is 1. The lowest BCUT2D eigenvalue weighted by molar-refractivity contribution is 0.0955. The molecule has 4 nitrogen and oxygen atoms in total. The highest BCUT2D eigenvalue weighted by atomic mass is 32.1. The van der Waals surface area contributed by atoms with Gasteiger partial charge in [-0.3, -0.25) is 4.79 Å². The van der Waals surface area contributed by atoms with Crippen LogP contribution in [-0.4, -0.2) is 15.7 Å². The number of para-hydroxylation sites is 1. The van der Waals surface area contributed by atoms with E-state index in [9.17, 15) is 4.79 Å². The monoisotopic (exact) mass is 337 g/mol. The standard InChI is InChI=1S/C19H19N3OS/c23-19(18-10-15-6-4-5-9-17(15)24-18)20-11-14-12-21-22(13-14)16-7-2-1-3-8-16/h1-3,7-8,10,12-13H,4-6,9,11H2,(H,20,23). The summed E-state index contributed by atoms with van der Waals surface area (Å²) in [5.74, 6) is 0.0156. The maximum atomic E-state index is 12.4. The number of aryl methyl sites for hydroxylation is 2. The molecular weight excluding hydrogens is 318 g/mol. The lowest BCUT2D eigenvalue weighted by atomic mass is 9.99. The normalized spacial score (nSPS) is 13.5. The third-order valence-corrected chi connectivity index (χ3v) is 5.57. The molecule has 5 heteroatoms. The highest BCUT2D eigenvalue weighted by molar-refractivity contribution is 7.14. The van der Waals surface area contributed by atoms with Crippen LogP contribution in [-0.2, 0) is 19.4 Å². The predicted octanol–water partition coefficient (Wildman–Crippen LogP) is 3.74. The molecule has 1 aliphatic carbocycles. The summed E-state index contributed by atoms with van der Waals surface area (Å²) in [6.07, 6.45) is 8.47. The molecule has 0 saturated heterocycles. The van der Waals surface area contributed by atoms with Crippen LogP contribution in [0.15, 0.2) is 48.8 Å². The Morgan fingerprint density at radius 3 is 2.88 bits per heavy atom. The Kier molecular flexibility index (Phi) is 4.17. The fraction of sp³-hybridized carbons (Fsp3) is 0.263. The number of fused-ring (bicyclic) bond motifs is 1. The predicted molar refractivity (Wildman–Crippen MR) is 95.7 cm³/mol. The molecule has 0 aliphatic heterocycles. The lowest BCUT2D eigenvalue weighted by Crippen LogP contribution is -2.21. The molecule has 1 aromatic carbocycles. The molecule has 1 amide bonds. The molecule has 24 heavy (non-hydrogen) atoms.